The van der Waals surface area contributed by atoms with Crippen LogP contribution in [0.4, 0.5) is 11.4 Å². The van der Waals surface area contributed by atoms with E-state index >= 15 is 0 Å². The smallest absolute Gasteiger partial charge is 0.198 e. The largest absolute Gasteiger partial charge is 0.494 e. The Labute approximate surface area is 182 Å². The van der Waals surface area contributed by atoms with Crippen LogP contribution >= 0.6 is 0 Å². The maximum Gasteiger partial charge on any atom is 0.198 e. The lowest BCUT2D eigenvalue weighted by Gasteiger charge is -2.16. The van der Waals surface area contributed by atoms with Crippen LogP contribution in [-0.2, 0) is 13.0 Å². The third-order valence-electron chi connectivity index (χ3n) is 5.38. The Morgan fingerprint density at radius 1 is 1.06 bits per heavy atom. The summed E-state index contributed by atoms with van der Waals surface area (Å²) in [4.78, 5) is 14.1. The minimum absolute atomic E-state index is 0.106. The molecule has 0 amide bonds. The van der Waals surface area contributed by atoms with Crippen molar-refractivity contribution in [3.8, 4) is 5.88 Å². The number of benzene rings is 2. The minimum atomic E-state index is 0.106. The number of H-pyrrole nitrogens is 1. The van der Waals surface area contributed by atoms with Crippen LogP contribution in [0.5, 0.6) is 5.88 Å². The van der Waals surface area contributed by atoms with Crippen LogP contribution in [0, 0.1) is 0 Å². The summed E-state index contributed by atoms with van der Waals surface area (Å²) in [5.41, 5.74) is 12.2. The van der Waals surface area contributed by atoms with E-state index in [-0.39, 0.29) is 5.88 Å². The fourth-order valence-corrected chi connectivity index (χ4v) is 3.75. The van der Waals surface area contributed by atoms with Gasteiger partial charge in [-0.1, -0.05) is 12.1 Å². The summed E-state index contributed by atoms with van der Waals surface area (Å²) >= 11 is 0. The number of rotatable bonds is 7. The molecule has 0 aliphatic rings. The molecular weight excluding hydrogens is 386 g/mol. The molecule has 6 heteroatoms. The molecule has 0 bridgehead atoms. The third kappa shape index (κ3) is 4.92. The standard InChI is InChI=1S/C25H27N5O/c1-17(24-22-15-20(26)5-8-23(22)29-25(24)31)28-21-6-3-19(4-7-21)16-30(2)14-11-18-9-12-27-13-10-18/h3-10,12-13,15,29,31H,11,14,16,26H2,1-2H3. The highest BCUT2D eigenvalue weighted by Crippen LogP contribution is 2.30. The maximum absolute atomic E-state index is 10.4. The molecule has 4 rings (SSSR count). The predicted molar refractivity (Wildman–Crippen MR) is 127 cm³/mol. The van der Waals surface area contributed by atoms with Gasteiger partial charge in [-0.05, 0) is 74.0 Å². The number of nitrogens with zero attached hydrogens (tertiary/aromatic N) is 3. The Bertz CT molecular complexity index is 1200. The second-order valence-electron chi connectivity index (χ2n) is 7.86. The first-order valence-electron chi connectivity index (χ1n) is 10.3. The van der Waals surface area contributed by atoms with Crippen LogP contribution in [0.3, 0.4) is 0 Å². The van der Waals surface area contributed by atoms with Crippen LogP contribution in [0.2, 0.25) is 0 Å². The molecule has 4 N–H and O–H groups in total. The fraction of sp³-hybridized carbons (Fsp3) is 0.200. The van der Waals surface area contributed by atoms with E-state index in [4.69, 9.17) is 10.7 Å². The van der Waals surface area contributed by atoms with Crippen LogP contribution in [0.1, 0.15) is 23.6 Å². The molecule has 6 nitrogen and oxygen atoms in total. The van der Waals surface area contributed by atoms with Crippen molar-refractivity contribution in [1.29, 1.82) is 0 Å². The Morgan fingerprint density at radius 3 is 2.55 bits per heavy atom. The number of likely N-dealkylation sites (N-methyl/N-ethyl adjacent to an activating group) is 1. The van der Waals surface area contributed by atoms with Crippen molar-refractivity contribution in [2.24, 2.45) is 4.99 Å². The van der Waals surface area contributed by atoms with E-state index in [9.17, 15) is 5.11 Å². The lowest BCUT2D eigenvalue weighted by atomic mass is 10.1. The summed E-state index contributed by atoms with van der Waals surface area (Å²) in [5, 5.41) is 11.2. The highest BCUT2D eigenvalue weighted by Gasteiger charge is 2.14. The molecule has 0 radical (unpaired) electrons. The van der Waals surface area contributed by atoms with E-state index < -0.39 is 0 Å². The highest BCUT2D eigenvalue weighted by atomic mass is 16.3. The molecule has 2 aromatic heterocycles. The highest BCUT2D eigenvalue weighted by molar-refractivity contribution is 6.13. The molecule has 0 aliphatic carbocycles. The molecule has 0 saturated carbocycles. The number of nitrogens with one attached hydrogen (secondary N) is 1. The first-order valence-corrected chi connectivity index (χ1v) is 10.3. The van der Waals surface area contributed by atoms with Gasteiger partial charge in [-0.25, -0.2) is 0 Å². The first kappa shape index (κ1) is 20.6. The summed E-state index contributed by atoms with van der Waals surface area (Å²) in [6.07, 6.45) is 4.67. The molecule has 2 aromatic carbocycles. The average molecular weight is 414 g/mol. The topological polar surface area (TPSA) is 90.5 Å². The van der Waals surface area contributed by atoms with E-state index in [0.29, 0.717) is 11.3 Å². The Kier molecular flexibility index (Phi) is 6.00. The quantitative estimate of drug-likeness (QED) is 0.303. The molecule has 0 unspecified atom stereocenters. The van der Waals surface area contributed by atoms with Gasteiger partial charge in [-0.3, -0.25) is 9.98 Å². The fourth-order valence-electron chi connectivity index (χ4n) is 3.75. The molecule has 0 fully saturated rings. The number of nitrogens with two attached hydrogens (primary N) is 1. The lowest BCUT2D eigenvalue weighted by Crippen LogP contribution is -2.20. The summed E-state index contributed by atoms with van der Waals surface area (Å²) in [5.74, 6) is 0.106. The average Bonchev–Trinajstić information content (AvgIpc) is 3.09. The van der Waals surface area contributed by atoms with Gasteiger partial charge < -0.3 is 20.7 Å². The Hall–Kier alpha value is -3.64. The summed E-state index contributed by atoms with van der Waals surface area (Å²) in [6.45, 7) is 3.74. The Balaban J connectivity index is 1.44. The molecule has 0 aliphatic heterocycles. The van der Waals surface area contributed by atoms with Gasteiger partial charge in [-0.2, -0.15) is 0 Å². The normalized spacial score (nSPS) is 12.0. The third-order valence-corrected chi connectivity index (χ3v) is 5.38. The van der Waals surface area contributed by atoms with Crippen LogP contribution < -0.4 is 5.73 Å². The van der Waals surface area contributed by atoms with Crippen molar-refractivity contribution < 1.29 is 5.11 Å². The molecule has 0 spiro atoms. The van der Waals surface area contributed by atoms with Crippen molar-refractivity contribution in [2.75, 3.05) is 19.3 Å². The zero-order valence-electron chi connectivity index (χ0n) is 17.8. The predicted octanol–water partition coefficient (Wildman–Crippen LogP) is 4.67. The van der Waals surface area contributed by atoms with E-state index in [1.165, 1.54) is 11.1 Å². The number of aromatic amines is 1. The molecular formula is C25H27N5O. The van der Waals surface area contributed by atoms with Crippen molar-refractivity contribution in [3.05, 3.63) is 83.7 Å². The zero-order chi connectivity index (χ0) is 21.8. The van der Waals surface area contributed by atoms with Crippen LogP contribution in [0.15, 0.2) is 72.0 Å². The summed E-state index contributed by atoms with van der Waals surface area (Å²) in [6, 6.07) is 17.9. The van der Waals surface area contributed by atoms with Gasteiger partial charge >= 0.3 is 0 Å². The van der Waals surface area contributed by atoms with Crippen molar-refractivity contribution in [1.82, 2.24) is 14.9 Å². The van der Waals surface area contributed by atoms with Gasteiger partial charge in [0.1, 0.15) is 0 Å². The van der Waals surface area contributed by atoms with Crippen LogP contribution in [0.25, 0.3) is 10.9 Å². The van der Waals surface area contributed by atoms with Crippen molar-refractivity contribution in [2.45, 2.75) is 19.9 Å². The summed E-state index contributed by atoms with van der Waals surface area (Å²) in [7, 11) is 2.13. The van der Waals surface area contributed by atoms with Gasteiger partial charge in [0.25, 0.3) is 0 Å². The monoisotopic (exact) mass is 413 g/mol. The Morgan fingerprint density at radius 2 is 1.81 bits per heavy atom. The van der Waals surface area contributed by atoms with Gasteiger partial charge in [-0.15, -0.1) is 0 Å². The number of aliphatic imine (C=N–C) groups is 1. The van der Waals surface area contributed by atoms with Crippen molar-refractivity contribution >= 4 is 28.0 Å². The van der Waals surface area contributed by atoms with Gasteiger partial charge in [0.05, 0.1) is 17.0 Å². The number of pyridine rings is 1. The second-order valence-corrected chi connectivity index (χ2v) is 7.86. The summed E-state index contributed by atoms with van der Waals surface area (Å²) < 4.78 is 0. The molecule has 0 atom stereocenters. The molecule has 0 saturated heterocycles. The molecule has 2 heterocycles. The van der Waals surface area contributed by atoms with E-state index in [0.717, 1.165) is 41.8 Å². The van der Waals surface area contributed by atoms with Gasteiger partial charge in [0.2, 0.25) is 0 Å². The number of hydrogen-bond donors (Lipinski definition) is 3. The van der Waals surface area contributed by atoms with E-state index in [1.54, 1.807) is 6.07 Å². The number of fused-ring (bicyclic) bond motifs is 1. The molecule has 4 aromatic rings. The second kappa shape index (κ2) is 9.02. The number of nitrogen functional groups attached to an aromatic ring is 1. The number of anilines is 1. The van der Waals surface area contributed by atoms with E-state index in [2.05, 4.69) is 46.2 Å². The maximum atomic E-state index is 10.4. The zero-order valence-corrected chi connectivity index (χ0v) is 17.8. The first-order chi connectivity index (χ1) is 15.0. The van der Waals surface area contributed by atoms with E-state index in [1.807, 2.05) is 43.6 Å². The van der Waals surface area contributed by atoms with Crippen LogP contribution in [-0.4, -0.2) is 39.3 Å². The molecule has 31 heavy (non-hydrogen) atoms. The van der Waals surface area contributed by atoms with Gasteiger partial charge in [0, 0.05) is 42.1 Å². The minimum Gasteiger partial charge on any atom is -0.494 e. The number of aromatic hydroxyl groups is 1. The SMILES string of the molecule is CC(=Nc1ccc(CN(C)CCc2ccncc2)cc1)c1c(O)[nH]c2ccc(N)cc12. The van der Waals surface area contributed by atoms with Crippen molar-refractivity contribution in [3.63, 3.8) is 0 Å². The lowest BCUT2D eigenvalue weighted by molar-refractivity contribution is 0.331. The number of aromatic nitrogens is 2. The van der Waals surface area contributed by atoms with Gasteiger partial charge in [0.15, 0.2) is 5.88 Å². The molecule has 158 valence electrons. The number of hydrogen-bond acceptors (Lipinski definition) is 5.